The second-order valence-corrected chi connectivity index (χ2v) is 4.73. The molecule has 1 aliphatic rings. The van der Waals surface area contributed by atoms with Crippen LogP contribution in [-0.4, -0.2) is 16.3 Å². The Morgan fingerprint density at radius 2 is 1.92 bits per heavy atom. The highest BCUT2D eigenvalue weighted by Crippen LogP contribution is 2.41. The molecule has 2 heteroatoms. The molecule has 1 aliphatic heterocycles. The lowest BCUT2D eigenvalue weighted by atomic mass is 9.85. The van der Waals surface area contributed by atoms with E-state index in [-0.39, 0.29) is 16.9 Å². The third kappa shape index (κ3) is 1.15. The highest BCUT2D eigenvalue weighted by atomic mass is 16.2. The zero-order valence-electron chi connectivity index (χ0n) is 8.35. The fourth-order valence-corrected chi connectivity index (χ4v) is 2.17. The van der Waals surface area contributed by atoms with E-state index in [1.807, 2.05) is 13.8 Å². The van der Waals surface area contributed by atoms with Gasteiger partial charge in [0.05, 0.1) is 0 Å². The van der Waals surface area contributed by atoms with Crippen molar-refractivity contribution >= 4 is 5.91 Å². The SMILES string of the molecule is C=CN1C(=O)C(C)(C)CC1(C)C. The summed E-state index contributed by atoms with van der Waals surface area (Å²) in [6.45, 7) is 11.8. The van der Waals surface area contributed by atoms with Crippen molar-refractivity contribution in [3.63, 3.8) is 0 Å². The molecule has 0 bridgehead atoms. The molecule has 1 amide bonds. The van der Waals surface area contributed by atoms with Crippen LogP contribution >= 0.6 is 0 Å². The number of carbonyl (C=O) groups excluding carboxylic acids is 1. The highest BCUT2D eigenvalue weighted by Gasteiger charge is 2.48. The Morgan fingerprint density at radius 3 is 2.08 bits per heavy atom. The van der Waals surface area contributed by atoms with E-state index in [0.29, 0.717) is 0 Å². The zero-order valence-corrected chi connectivity index (χ0v) is 8.35. The maximum absolute atomic E-state index is 11.7. The molecule has 0 radical (unpaired) electrons. The molecule has 0 spiro atoms. The van der Waals surface area contributed by atoms with Crippen molar-refractivity contribution < 1.29 is 4.79 Å². The van der Waals surface area contributed by atoms with Crippen LogP contribution < -0.4 is 0 Å². The van der Waals surface area contributed by atoms with Crippen molar-refractivity contribution in [2.24, 2.45) is 5.41 Å². The molecule has 1 saturated heterocycles. The molecular formula is C10H17NO. The minimum absolute atomic E-state index is 0.0671. The molecule has 0 atom stereocenters. The number of likely N-dealkylation sites (tertiary alicyclic amines) is 1. The monoisotopic (exact) mass is 167 g/mol. The number of hydrogen-bond acceptors (Lipinski definition) is 1. The van der Waals surface area contributed by atoms with Crippen LogP contribution in [0.5, 0.6) is 0 Å². The summed E-state index contributed by atoms with van der Waals surface area (Å²) in [5, 5.41) is 0. The molecule has 12 heavy (non-hydrogen) atoms. The third-order valence-electron chi connectivity index (χ3n) is 2.51. The topological polar surface area (TPSA) is 20.3 Å². The van der Waals surface area contributed by atoms with Crippen molar-refractivity contribution in [1.82, 2.24) is 4.90 Å². The van der Waals surface area contributed by atoms with E-state index in [1.165, 1.54) is 0 Å². The summed E-state index contributed by atoms with van der Waals surface area (Å²) < 4.78 is 0. The van der Waals surface area contributed by atoms with E-state index >= 15 is 0 Å². The lowest BCUT2D eigenvalue weighted by Gasteiger charge is -2.27. The largest absolute Gasteiger partial charge is 0.314 e. The lowest BCUT2D eigenvalue weighted by molar-refractivity contribution is -0.133. The van der Waals surface area contributed by atoms with Gasteiger partial charge >= 0.3 is 0 Å². The first-order valence-corrected chi connectivity index (χ1v) is 4.27. The Kier molecular flexibility index (Phi) is 1.82. The number of rotatable bonds is 1. The average molecular weight is 167 g/mol. The molecule has 0 aromatic rings. The van der Waals surface area contributed by atoms with Crippen LogP contribution in [0, 0.1) is 5.41 Å². The van der Waals surface area contributed by atoms with Gasteiger partial charge in [-0.3, -0.25) is 4.79 Å². The molecule has 1 rings (SSSR count). The maximum Gasteiger partial charge on any atom is 0.232 e. The van der Waals surface area contributed by atoms with Crippen molar-refractivity contribution in [1.29, 1.82) is 0 Å². The Bertz CT molecular complexity index is 228. The smallest absolute Gasteiger partial charge is 0.232 e. The molecule has 1 heterocycles. The third-order valence-corrected chi connectivity index (χ3v) is 2.51. The fraction of sp³-hybridized carbons (Fsp3) is 0.700. The molecule has 0 aromatic heterocycles. The molecule has 0 aromatic carbocycles. The molecule has 0 unspecified atom stereocenters. The quantitative estimate of drug-likeness (QED) is 0.586. The van der Waals surface area contributed by atoms with Crippen LogP contribution in [0.4, 0.5) is 0 Å². The van der Waals surface area contributed by atoms with E-state index in [9.17, 15) is 4.79 Å². The summed E-state index contributed by atoms with van der Waals surface area (Å²) in [7, 11) is 0. The molecule has 0 aliphatic carbocycles. The van der Waals surface area contributed by atoms with E-state index in [1.54, 1.807) is 11.1 Å². The zero-order chi connectivity index (χ0) is 9.57. The van der Waals surface area contributed by atoms with Gasteiger partial charge in [0, 0.05) is 17.2 Å². The normalized spacial score (nSPS) is 26.0. The van der Waals surface area contributed by atoms with Crippen molar-refractivity contribution in [2.45, 2.75) is 39.7 Å². The van der Waals surface area contributed by atoms with Gasteiger partial charge in [0.15, 0.2) is 0 Å². The first-order chi connectivity index (χ1) is 5.31. The van der Waals surface area contributed by atoms with Crippen LogP contribution in [0.2, 0.25) is 0 Å². The molecule has 0 saturated carbocycles. The molecule has 0 N–H and O–H groups in total. The predicted molar refractivity (Wildman–Crippen MR) is 49.5 cm³/mol. The van der Waals surface area contributed by atoms with Gasteiger partial charge < -0.3 is 4.90 Å². The summed E-state index contributed by atoms with van der Waals surface area (Å²) in [4.78, 5) is 13.5. The number of nitrogens with zero attached hydrogens (tertiary/aromatic N) is 1. The highest BCUT2D eigenvalue weighted by molar-refractivity contribution is 5.86. The minimum atomic E-state index is -0.225. The van der Waals surface area contributed by atoms with Gasteiger partial charge in [-0.05, 0) is 20.3 Å². The van der Waals surface area contributed by atoms with Gasteiger partial charge in [0.25, 0.3) is 0 Å². The van der Waals surface area contributed by atoms with E-state index in [0.717, 1.165) is 6.42 Å². The molecular weight excluding hydrogens is 150 g/mol. The Morgan fingerprint density at radius 1 is 1.42 bits per heavy atom. The van der Waals surface area contributed by atoms with E-state index < -0.39 is 0 Å². The van der Waals surface area contributed by atoms with E-state index in [4.69, 9.17) is 0 Å². The number of amides is 1. The Balaban J connectivity index is 3.03. The van der Waals surface area contributed by atoms with Crippen molar-refractivity contribution in [3.05, 3.63) is 12.8 Å². The molecule has 1 fully saturated rings. The summed E-state index contributed by atoms with van der Waals surface area (Å²) in [5.74, 6) is 0.183. The maximum atomic E-state index is 11.7. The summed E-state index contributed by atoms with van der Waals surface area (Å²) in [6.07, 6.45) is 2.53. The summed E-state index contributed by atoms with van der Waals surface area (Å²) in [6, 6.07) is 0. The lowest BCUT2D eigenvalue weighted by Crippen LogP contribution is -2.36. The average Bonchev–Trinajstić information content (AvgIpc) is 1.98. The number of hydrogen-bond donors (Lipinski definition) is 0. The second-order valence-electron chi connectivity index (χ2n) is 4.73. The minimum Gasteiger partial charge on any atom is -0.314 e. The number of carbonyl (C=O) groups is 1. The van der Waals surface area contributed by atoms with E-state index in [2.05, 4.69) is 20.4 Å². The molecule has 68 valence electrons. The van der Waals surface area contributed by atoms with Crippen LogP contribution in [0.3, 0.4) is 0 Å². The molecule has 2 nitrogen and oxygen atoms in total. The fourth-order valence-electron chi connectivity index (χ4n) is 2.17. The van der Waals surface area contributed by atoms with Crippen molar-refractivity contribution in [2.75, 3.05) is 0 Å². The standard InChI is InChI=1S/C10H17NO/c1-6-11-8(12)9(2,3)7-10(11,4)5/h6H,1,7H2,2-5H3. The van der Waals surface area contributed by atoms with Crippen molar-refractivity contribution in [3.8, 4) is 0 Å². The Labute approximate surface area is 74.2 Å². The second kappa shape index (κ2) is 2.35. The summed E-state index contributed by atoms with van der Waals surface area (Å²) in [5.41, 5.74) is -0.292. The van der Waals surface area contributed by atoms with Crippen LogP contribution in [0.25, 0.3) is 0 Å². The van der Waals surface area contributed by atoms with Crippen LogP contribution in [0.15, 0.2) is 12.8 Å². The van der Waals surface area contributed by atoms with Gasteiger partial charge in [0.2, 0.25) is 5.91 Å². The van der Waals surface area contributed by atoms with Gasteiger partial charge in [-0.25, -0.2) is 0 Å². The van der Waals surface area contributed by atoms with Crippen LogP contribution in [-0.2, 0) is 4.79 Å². The van der Waals surface area contributed by atoms with Gasteiger partial charge in [-0.1, -0.05) is 20.4 Å². The van der Waals surface area contributed by atoms with Gasteiger partial charge in [-0.2, -0.15) is 0 Å². The van der Waals surface area contributed by atoms with Crippen LogP contribution in [0.1, 0.15) is 34.1 Å². The van der Waals surface area contributed by atoms with Gasteiger partial charge in [-0.15, -0.1) is 0 Å². The summed E-state index contributed by atoms with van der Waals surface area (Å²) >= 11 is 0. The first kappa shape index (κ1) is 9.30. The Hall–Kier alpha value is -0.790. The van der Waals surface area contributed by atoms with Gasteiger partial charge in [0.1, 0.15) is 0 Å². The predicted octanol–water partition coefficient (Wildman–Crippen LogP) is 2.17. The first-order valence-electron chi connectivity index (χ1n) is 4.27.